The van der Waals surface area contributed by atoms with Crippen LogP contribution in [0.15, 0.2) is 72.9 Å². The predicted molar refractivity (Wildman–Crippen MR) is 272 cm³/mol. The maximum absolute atomic E-state index is 13.2. The van der Waals surface area contributed by atoms with Crippen molar-refractivity contribution in [2.75, 3.05) is 13.2 Å². The number of hydrogen-bond acceptors (Lipinski definition) is 19. The van der Waals surface area contributed by atoms with E-state index in [4.69, 9.17) is 18.5 Å². The third kappa shape index (κ3) is 38.9. The van der Waals surface area contributed by atoms with Crippen LogP contribution < -0.4 is 19.6 Å². The number of esters is 2. The van der Waals surface area contributed by atoms with Gasteiger partial charge in [0.2, 0.25) is 0 Å². The molecule has 26 heteroatoms. The second-order valence-electron chi connectivity index (χ2n) is 17.9. The van der Waals surface area contributed by atoms with Gasteiger partial charge in [0.25, 0.3) is 31.3 Å². The van der Waals surface area contributed by atoms with E-state index in [0.29, 0.717) is 12.8 Å². The molecule has 1 aliphatic rings. The first-order valence-corrected chi connectivity index (χ1v) is 31.8. The summed E-state index contributed by atoms with van der Waals surface area (Å²) in [6, 6.07) is 0. The molecular formula is C49H82O22P4-4. The van der Waals surface area contributed by atoms with Gasteiger partial charge in [0.15, 0.2) is 6.10 Å². The molecule has 0 aromatic heterocycles. The second-order valence-corrected chi connectivity index (χ2v) is 22.7. The van der Waals surface area contributed by atoms with Gasteiger partial charge in [-0.25, -0.2) is 0 Å². The van der Waals surface area contributed by atoms with Crippen LogP contribution in [0.2, 0.25) is 0 Å². The van der Waals surface area contributed by atoms with E-state index in [-0.39, 0.29) is 19.3 Å². The van der Waals surface area contributed by atoms with E-state index >= 15 is 0 Å². The maximum Gasteiger partial charge on any atom is 0.306 e. The van der Waals surface area contributed by atoms with Crippen LogP contribution in [0.25, 0.3) is 0 Å². The number of phosphoric acid groups is 4. The Morgan fingerprint density at radius 1 is 0.467 bits per heavy atom. The van der Waals surface area contributed by atoms with Crippen molar-refractivity contribution >= 4 is 43.2 Å². The molecule has 1 saturated carbocycles. The van der Waals surface area contributed by atoms with Crippen molar-refractivity contribution in [2.45, 2.75) is 211 Å². The van der Waals surface area contributed by atoms with E-state index in [9.17, 15) is 72.3 Å². The third-order valence-electron chi connectivity index (χ3n) is 11.3. The Bertz CT molecular complexity index is 1900. The summed E-state index contributed by atoms with van der Waals surface area (Å²) in [4.78, 5) is 101. The molecule has 1 rings (SSSR count). The van der Waals surface area contributed by atoms with Crippen molar-refractivity contribution in [3.8, 4) is 0 Å². The molecule has 1 aliphatic carbocycles. The first-order chi connectivity index (χ1) is 35.5. The van der Waals surface area contributed by atoms with Gasteiger partial charge in [0.05, 0.1) is 6.61 Å². The highest BCUT2D eigenvalue weighted by molar-refractivity contribution is 7.46. The molecule has 434 valence electrons. The van der Waals surface area contributed by atoms with Gasteiger partial charge in [0.1, 0.15) is 43.2 Å². The minimum atomic E-state index is -6.10. The van der Waals surface area contributed by atoms with Gasteiger partial charge >= 0.3 is 11.9 Å². The van der Waals surface area contributed by atoms with Gasteiger partial charge in [-0.2, -0.15) is 0 Å². The number of unbranched alkanes of at least 4 members (excludes halogenated alkanes) is 14. The molecule has 11 atom stereocenters. The Morgan fingerprint density at radius 2 is 0.840 bits per heavy atom. The smallest absolute Gasteiger partial charge is 0.306 e. The zero-order chi connectivity index (χ0) is 56.0. The minimum absolute atomic E-state index is 0.00734. The van der Waals surface area contributed by atoms with Crippen molar-refractivity contribution in [3.63, 3.8) is 0 Å². The Kier molecular flexibility index (Phi) is 38.5. The lowest BCUT2D eigenvalue weighted by molar-refractivity contribution is -0.286. The number of aliphatic hydroxyl groups excluding tert-OH is 2. The summed E-state index contributed by atoms with van der Waals surface area (Å²) >= 11 is 0. The van der Waals surface area contributed by atoms with Gasteiger partial charge in [0, 0.05) is 12.8 Å². The Morgan fingerprint density at radius 3 is 1.24 bits per heavy atom. The van der Waals surface area contributed by atoms with Gasteiger partial charge in [-0.3, -0.25) is 27.8 Å². The molecule has 1 fully saturated rings. The number of carbonyl (C=O) groups is 2. The monoisotopic (exact) mass is 1150 g/mol. The third-order valence-corrected chi connectivity index (χ3v) is 13.7. The SMILES string of the molecule is CC/C=C\C/C=C\C/C=C\C/C=C\C/C=C\C/C=C\CCC(=O)OC(COC(=O)CCCCCCCCCCCCCCCCC)COP(=O)([O-])OC1[C@H](O)[C@H](OP(=O)([O-])O)C(OP(=O)([O-])O)[C@H](OP(=O)([O-])O)[C@H]1O. The quantitative estimate of drug-likeness (QED) is 0.0172. The fourth-order valence-electron chi connectivity index (χ4n) is 7.56. The van der Waals surface area contributed by atoms with Gasteiger partial charge < -0.3 is 76.6 Å². The number of hydrogen-bond donors (Lipinski definition) is 5. The molecule has 0 amide bonds. The molecule has 0 radical (unpaired) electrons. The molecule has 0 bridgehead atoms. The Balaban J connectivity index is 2.90. The normalized spacial score (nSPS) is 23.3. The number of aliphatic hydroxyl groups is 2. The minimum Gasteiger partial charge on any atom is -0.756 e. The first kappa shape index (κ1) is 70.8. The van der Waals surface area contributed by atoms with Crippen molar-refractivity contribution < 1.29 is 104 Å². The average molecular weight is 1150 g/mol. The highest BCUT2D eigenvalue weighted by atomic mass is 31.2. The number of allylic oxidation sites excluding steroid dienone is 12. The molecular weight excluding hydrogens is 1060 g/mol. The number of rotatable bonds is 44. The summed E-state index contributed by atoms with van der Waals surface area (Å²) in [6.07, 6.45) is 26.9. The molecule has 0 spiro atoms. The van der Waals surface area contributed by atoms with E-state index < -0.39 is 99.2 Å². The molecule has 0 aromatic carbocycles. The maximum atomic E-state index is 13.2. The molecule has 5 N–H and O–H groups in total. The zero-order valence-corrected chi connectivity index (χ0v) is 46.9. The summed E-state index contributed by atoms with van der Waals surface area (Å²) in [7, 11) is -24.3. The van der Waals surface area contributed by atoms with Gasteiger partial charge in [-0.1, -0.05) is 177 Å². The molecule has 0 aliphatic heterocycles. The summed E-state index contributed by atoms with van der Waals surface area (Å²) in [5, 5.41) is 21.7. The van der Waals surface area contributed by atoms with Crippen molar-refractivity contribution in [1.82, 2.24) is 0 Å². The first-order valence-electron chi connectivity index (χ1n) is 25.9. The van der Waals surface area contributed by atoms with Crippen LogP contribution >= 0.6 is 31.3 Å². The van der Waals surface area contributed by atoms with Crippen molar-refractivity contribution in [3.05, 3.63) is 72.9 Å². The number of ether oxygens (including phenoxy) is 2. The zero-order valence-electron chi connectivity index (χ0n) is 43.3. The van der Waals surface area contributed by atoms with E-state index in [1.807, 2.05) is 24.3 Å². The fraction of sp³-hybridized carbons (Fsp3) is 0.714. The Labute approximate surface area is 443 Å². The summed E-state index contributed by atoms with van der Waals surface area (Å²) in [5.74, 6) is -1.57. The molecule has 0 heterocycles. The largest absolute Gasteiger partial charge is 0.756 e. The van der Waals surface area contributed by atoms with E-state index in [1.54, 1.807) is 6.08 Å². The molecule has 0 saturated heterocycles. The molecule has 7 unspecified atom stereocenters. The van der Waals surface area contributed by atoms with Gasteiger partial charge in [-0.05, 0) is 51.4 Å². The van der Waals surface area contributed by atoms with Crippen molar-refractivity contribution in [1.29, 1.82) is 0 Å². The predicted octanol–water partition coefficient (Wildman–Crippen LogP) is 7.32. The Hall–Kier alpha value is -2.26. The lowest BCUT2D eigenvalue weighted by Gasteiger charge is -2.49. The van der Waals surface area contributed by atoms with Gasteiger partial charge in [-0.15, -0.1) is 0 Å². The topological polar surface area (TPSA) is 360 Å². The second kappa shape index (κ2) is 40.9. The van der Waals surface area contributed by atoms with E-state index in [2.05, 4.69) is 70.0 Å². The van der Waals surface area contributed by atoms with E-state index in [1.165, 1.54) is 57.8 Å². The van der Waals surface area contributed by atoms with Crippen LogP contribution in [-0.2, 0) is 59.9 Å². The standard InChI is InChI=1S/C49H86O22P4/c1-3-5-7-9-11-13-15-17-19-20-21-22-24-26-28-30-32-34-36-38-43(51)67-41(39-65-42(50)37-35-33-31-29-27-25-23-18-16-14-12-10-8-6-4-2)40-66-75(63,64)71-46-44(52)47(68-72(54,55)56)49(70-74(60,61)62)48(45(46)53)69-73(57,58)59/h5,7,11,13,17,19,21-22,26,28,32,34,41,44-49,52-53H,3-4,6,8-10,12,14-16,18,20,23-25,27,29-31,33,35-40H2,1-2H3,(H,63,64)(H2,54,55,56)(H2,57,58,59)(H2,60,61,62)/p-4/b7-5-,13-11-,19-17-,22-21-,28-26-,34-32-/t41?,44-,45-,46?,47-,48+,49?/m0/s1. The van der Waals surface area contributed by atoms with Crippen LogP contribution in [0.5, 0.6) is 0 Å². The summed E-state index contributed by atoms with van der Waals surface area (Å²) < 4.78 is 80.7. The van der Waals surface area contributed by atoms with Crippen LogP contribution in [0.3, 0.4) is 0 Å². The van der Waals surface area contributed by atoms with Crippen LogP contribution in [-0.4, -0.2) is 92.8 Å². The summed E-state index contributed by atoms with van der Waals surface area (Å²) in [6.45, 7) is 2.45. The lowest BCUT2D eigenvalue weighted by atomic mass is 9.85. The lowest BCUT2D eigenvalue weighted by Crippen LogP contribution is -2.66. The molecule has 75 heavy (non-hydrogen) atoms. The fourth-order valence-corrected chi connectivity index (χ4v) is 10.2. The molecule has 22 nitrogen and oxygen atoms in total. The number of carbonyl (C=O) groups excluding carboxylic acids is 2. The molecule has 0 aromatic rings. The van der Waals surface area contributed by atoms with E-state index in [0.717, 1.165) is 64.2 Å². The van der Waals surface area contributed by atoms with Crippen molar-refractivity contribution in [2.24, 2.45) is 0 Å². The van der Waals surface area contributed by atoms with Crippen LogP contribution in [0.1, 0.15) is 168 Å². The summed E-state index contributed by atoms with van der Waals surface area (Å²) in [5.41, 5.74) is 0. The number of phosphoric ester groups is 4. The average Bonchev–Trinajstić information content (AvgIpc) is 3.32. The van der Waals surface area contributed by atoms with Crippen LogP contribution in [0, 0.1) is 0 Å². The highest BCUT2D eigenvalue weighted by Gasteiger charge is 2.56. The highest BCUT2D eigenvalue weighted by Crippen LogP contribution is 2.50. The van der Waals surface area contributed by atoms with Crippen LogP contribution in [0.4, 0.5) is 0 Å².